The number of carbonyl (C=O) groups excluding carboxylic acids is 2. The van der Waals surface area contributed by atoms with Crippen molar-refractivity contribution in [2.75, 3.05) is 6.61 Å². The summed E-state index contributed by atoms with van der Waals surface area (Å²) in [6, 6.07) is 21.8. The minimum atomic E-state index is -3.84. The van der Waals surface area contributed by atoms with E-state index in [0.717, 1.165) is 5.56 Å². The summed E-state index contributed by atoms with van der Waals surface area (Å²) in [4.78, 5) is 24.4. The Labute approximate surface area is 190 Å². The fourth-order valence-electron chi connectivity index (χ4n) is 3.34. The van der Waals surface area contributed by atoms with Gasteiger partial charge in [-0.15, -0.1) is 0 Å². The molecule has 0 spiro atoms. The molecule has 3 aromatic rings. The molecule has 33 heavy (non-hydrogen) atoms. The number of benzene rings is 3. The normalized spacial score (nSPS) is 13.9. The molecule has 0 aliphatic carbocycles. The van der Waals surface area contributed by atoms with Crippen molar-refractivity contribution in [2.45, 2.75) is 4.90 Å². The number of hydrogen-bond donors (Lipinski definition) is 1. The molecule has 166 valence electrons. The average molecular weight is 461 g/mol. The lowest BCUT2D eigenvalue weighted by atomic mass is 9.97. The van der Waals surface area contributed by atoms with E-state index in [1.165, 1.54) is 30.3 Å². The predicted octanol–water partition coefficient (Wildman–Crippen LogP) is 3.42. The van der Waals surface area contributed by atoms with E-state index >= 15 is 0 Å². The van der Waals surface area contributed by atoms with Crippen LogP contribution in [-0.2, 0) is 24.3 Å². The second-order valence-corrected chi connectivity index (χ2v) is 8.75. The fraction of sp³-hybridized carbons (Fsp3) is 0.0400. The smallest absolute Gasteiger partial charge is 0.339 e. The molecule has 3 aromatic carbocycles. The van der Waals surface area contributed by atoms with Crippen molar-refractivity contribution in [3.8, 4) is 5.75 Å². The molecule has 4 rings (SSSR count). The summed E-state index contributed by atoms with van der Waals surface area (Å²) in [7, 11) is -3.84. The van der Waals surface area contributed by atoms with E-state index in [0.29, 0.717) is 28.0 Å². The largest absolute Gasteiger partial charge is 0.457 e. The second-order valence-electron chi connectivity index (χ2n) is 7.19. The molecule has 0 amide bonds. The van der Waals surface area contributed by atoms with Crippen LogP contribution in [0.15, 0.2) is 89.8 Å². The van der Waals surface area contributed by atoms with Crippen LogP contribution in [0.4, 0.5) is 0 Å². The van der Waals surface area contributed by atoms with Crippen molar-refractivity contribution < 1.29 is 27.5 Å². The number of nitrogens with two attached hydrogens (primary N) is 1. The Bertz CT molecular complexity index is 1360. The van der Waals surface area contributed by atoms with Crippen molar-refractivity contribution in [2.24, 2.45) is 5.14 Å². The van der Waals surface area contributed by atoms with E-state index in [9.17, 15) is 18.0 Å². The third kappa shape index (κ3) is 5.25. The third-order valence-electron chi connectivity index (χ3n) is 4.96. The molecule has 8 heteroatoms. The molecule has 1 aliphatic heterocycles. The van der Waals surface area contributed by atoms with Crippen LogP contribution in [0.1, 0.15) is 16.7 Å². The van der Waals surface area contributed by atoms with E-state index in [1.807, 2.05) is 30.3 Å². The van der Waals surface area contributed by atoms with Gasteiger partial charge in [-0.1, -0.05) is 54.6 Å². The number of esters is 2. The summed E-state index contributed by atoms with van der Waals surface area (Å²) in [5, 5.41) is 5.13. The molecule has 0 saturated heterocycles. The van der Waals surface area contributed by atoms with Gasteiger partial charge in [0.1, 0.15) is 12.4 Å². The standard InChI is InChI=1S/C25H19NO6S/c26-33(29,30)21-13-9-19(10-14-21)24-22(16-31-25(24)28)18-7-11-20(12-8-18)32-23(27)15-6-17-4-2-1-3-5-17/h1-15H,16H2,(H2,26,29,30). The molecule has 1 aliphatic rings. The molecule has 0 fully saturated rings. The first-order valence-corrected chi connectivity index (χ1v) is 11.4. The first kappa shape index (κ1) is 22.2. The van der Waals surface area contributed by atoms with Crippen LogP contribution in [0.2, 0.25) is 0 Å². The molecule has 0 aromatic heterocycles. The van der Waals surface area contributed by atoms with Crippen molar-refractivity contribution >= 4 is 39.2 Å². The van der Waals surface area contributed by atoms with E-state index in [-0.39, 0.29) is 11.5 Å². The molecule has 0 bridgehead atoms. The number of carbonyl (C=O) groups is 2. The van der Waals surface area contributed by atoms with Gasteiger partial charge in [0.05, 0.1) is 10.5 Å². The minimum absolute atomic E-state index is 0.0488. The van der Waals surface area contributed by atoms with Gasteiger partial charge in [-0.2, -0.15) is 0 Å². The first-order chi connectivity index (χ1) is 15.8. The Morgan fingerprint density at radius 2 is 1.55 bits per heavy atom. The van der Waals surface area contributed by atoms with E-state index in [2.05, 4.69) is 0 Å². The van der Waals surface area contributed by atoms with Gasteiger partial charge in [0.25, 0.3) is 0 Å². The topological polar surface area (TPSA) is 113 Å². The van der Waals surface area contributed by atoms with E-state index in [1.54, 1.807) is 30.3 Å². The molecule has 0 unspecified atom stereocenters. The van der Waals surface area contributed by atoms with Gasteiger partial charge < -0.3 is 9.47 Å². The fourth-order valence-corrected chi connectivity index (χ4v) is 3.85. The summed E-state index contributed by atoms with van der Waals surface area (Å²) >= 11 is 0. The Hall–Kier alpha value is -4.01. The molecular weight excluding hydrogens is 442 g/mol. The lowest BCUT2D eigenvalue weighted by Gasteiger charge is -2.07. The number of rotatable bonds is 6. The van der Waals surface area contributed by atoms with Crippen LogP contribution in [0.3, 0.4) is 0 Å². The maximum absolute atomic E-state index is 12.3. The highest BCUT2D eigenvalue weighted by molar-refractivity contribution is 7.89. The van der Waals surface area contributed by atoms with Crippen LogP contribution >= 0.6 is 0 Å². The highest BCUT2D eigenvalue weighted by Crippen LogP contribution is 2.34. The molecule has 2 N–H and O–H groups in total. The first-order valence-electron chi connectivity index (χ1n) is 9.90. The molecule has 1 heterocycles. The summed E-state index contributed by atoms with van der Waals surface area (Å²) in [6.07, 6.45) is 3.01. The second kappa shape index (κ2) is 9.23. The molecule has 0 saturated carbocycles. The van der Waals surface area contributed by atoms with Crippen LogP contribution in [0, 0.1) is 0 Å². The molecule has 0 atom stereocenters. The number of hydrogen-bond acceptors (Lipinski definition) is 6. The minimum Gasteiger partial charge on any atom is -0.457 e. The van der Waals surface area contributed by atoms with Gasteiger partial charge in [-0.05, 0) is 47.0 Å². The number of primary sulfonamides is 1. The number of ether oxygens (including phenoxy) is 2. The average Bonchev–Trinajstić information content (AvgIpc) is 3.20. The van der Waals surface area contributed by atoms with Crippen molar-refractivity contribution in [1.82, 2.24) is 0 Å². The Morgan fingerprint density at radius 1 is 0.909 bits per heavy atom. The van der Waals surface area contributed by atoms with Gasteiger partial charge in [-0.3, -0.25) is 0 Å². The SMILES string of the molecule is NS(=O)(=O)c1ccc(C2=C(c3ccc(OC(=O)C=Cc4ccccc4)cc3)COC2=O)cc1. The highest BCUT2D eigenvalue weighted by atomic mass is 32.2. The monoisotopic (exact) mass is 461 g/mol. The molecular formula is C25H19NO6S. The lowest BCUT2D eigenvalue weighted by Crippen LogP contribution is -2.12. The van der Waals surface area contributed by atoms with Crippen molar-refractivity contribution in [3.63, 3.8) is 0 Å². The van der Waals surface area contributed by atoms with Gasteiger partial charge in [0.2, 0.25) is 10.0 Å². The maximum atomic E-state index is 12.3. The van der Waals surface area contributed by atoms with Crippen molar-refractivity contribution in [3.05, 3.63) is 102 Å². The van der Waals surface area contributed by atoms with E-state index < -0.39 is 22.0 Å². The van der Waals surface area contributed by atoms with Gasteiger partial charge in [0, 0.05) is 11.6 Å². The predicted molar refractivity (Wildman–Crippen MR) is 123 cm³/mol. The van der Waals surface area contributed by atoms with Crippen molar-refractivity contribution in [1.29, 1.82) is 0 Å². The quantitative estimate of drug-likeness (QED) is 0.342. The molecule has 7 nitrogen and oxygen atoms in total. The molecule has 0 radical (unpaired) electrons. The zero-order valence-electron chi connectivity index (χ0n) is 17.3. The van der Waals surface area contributed by atoms with Crippen LogP contribution in [0.25, 0.3) is 17.2 Å². The summed E-state index contributed by atoms with van der Waals surface area (Å²) < 4.78 is 33.5. The Kier molecular flexibility index (Phi) is 6.21. The Balaban J connectivity index is 1.53. The van der Waals surface area contributed by atoms with Crippen LogP contribution in [-0.4, -0.2) is 27.0 Å². The maximum Gasteiger partial charge on any atom is 0.339 e. The summed E-state index contributed by atoms with van der Waals surface area (Å²) in [6.45, 7) is 0.0735. The van der Waals surface area contributed by atoms with Gasteiger partial charge in [-0.25, -0.2) is 23.1 Å². The third-order valence-corrected chi connectivity index (χ3v) is 5.89. The lowest BCUT2D eigenvalue weighted by molar-refractivity contribution is -0.134. The highest BCUT2D eigenvalue weighted by Gasteiger charge is 2.27. The van der Waals surface area contributed by atoms with Gasteiger partial charge in [0.15, 0.2) is 0 Å². The van der Waals surface area contributed by atoms with Crippen LogP contribution in [0.5, 0.6) is 5.75 Å². The zero-order chi connectivity index (χ0) is 23.4. The number of cyclic esters (lactones) is 1. The number of sulfonamides is 1. The zero-order valence-corrected chi connectivity index (χ0v) is 18.1. The van der Waals surface area contributed by atoms with Crippen LogP contribution < -0.4 is 9.88 Å². The van der Waals surface area contributed by atoms with E-state index in [4.69, 9.17) is 14.6 Å². The summed E-state index contributed by atoms with van der Waals surface area (Å²) in [5.74, 6) is -0.665. The Morgan fingerprint density at radius 3 is 2.18 bits per heavy atom. The van der Waals surface area contributed by atoms with Gasteiger partial charge >= 0.3 is 11.9 Å². The summed E-state index contributed by atoms with van der Waals surface area (Å²) in [5.41, 5.74) is 3.09.